The van der Waals surface area contributed by atoms with Crippen molar-refractivity contribution in [1.29, 1.82) is 0 Å². The number of hydrogen-bond acceptors (Lipinski definition) is 7. The van der Waals surface area contributed by atoms with Crippen LogP contribution >= 0.6 is 11.6 Å². The highest BCUT2D eigenvalue weighted by Gasteiger charge is 2.57. The number of anilines is 1. The molecule has 2 unspecified atom stereocenters. The monoisotopic (exact) mass is 562 g/mol. The molecule has 1 saturated heterocycles. The molecule has 0 saturated carbocycles. The molecule has 0 radical (unpaired) electrons. The Morgan fingerprint density at radius 3 is 2.45 bits per heavy atom. The SMILES string of the molecule is Cc1nc(C(C)C2(C3C4=CC=C3C=C4)c3ccc(c(CO)c3Cl)N3CCC2CC3)nc(C(=O)NCC(=O)O)c1O. The van der Waals surface area contributed by atoms with Gasteiger partial charge in [0.15, 0.2) is 11.4 Å². The Morgan fingerprint density at radius 2 is 1.85 bits per heavy atom. The molecule has 1 aromatic heterocycles. The number of aliphatic hydroxyl groups is 1. The van der Waals surface area contributed by atoms with Gasteiger partial charge in [0.1, 0.15) is 12.4 Å². The van der Waals surface area contributed by atoms with Crippen molar-refractivity contribution < 1.29 is 24.9 Å². The highest BCUT2D eigenvalue weighted by molar-refractivity contribution is 6.32. The van der Waals surface area contributed by atoms with E-state index in [4.69, 9.17) is 21.7 Å². The van der Waals surface area contributed by atoms with Crippen molar-refractivity contribution in [2.45, 2.75) is 44.6 Å². The molecule has 2 atom stereocenters. The summed E-state index contributed by atoms with van der Waals surface area (Å²) in [5.41, 5.74) is 4.26. The fourth-order valence-corrected chi connectivity index (χ4v) is 7.84. The number of carbonyl (C=O) groups is 2. The predicted octanol–water partition coefficient (Wildman–Crippen LogP) is 3.77. The van der Waals surface area contributed by atoms with Crippen molar-refractivity contribution in [3.05, 3.63) is 80.9 Å². The summed E-state index contributed by atoms with van der Waals surface area (Å²) in [6.45, 7) is 4.50. The second-order valence-electron chi connectivity index (χ2n) is 11.0. The maximum atomic E-state index is 12.9. The molecule has 7 aliphatic rings. The summed E-state index contributed by atoms with van der Waals surface area (Å²) in [5.74, 6) is -2.24. The van der Waals surface area contributed by atoms with Crippen LogP contribution in [0.25, 0.3) is 0 Å². The smallest absolute Gasteiger partial charge is 0.322 e. The molecule has 9 nitrogen and oxygen atoms in total. The number of aromatic hydroxyl groups is 1. The number of carboxylic acids is 1. The zero-order chi connectivity index (χ0) is 28.3. The summed E-state index contributed by atoms with van der Waals surface area (Å²) in [4.78, 5) is 35.6. The van der Waals surface area contributed by atoms with E-state index in [1.54, 1.807) is 6.92 Å². The van der Waals surface area contributed by atoms with Gasteiger partial charge in [-0.2, -0.15) is 0 Å². The molecule has 6 heterocycles. The molecule has 2 aliphatic carbocycles. The van der Waals surface area contributed by atoms with Crippen LogP contribution in [0.4, 0.5) is 5.69 Å². The van der Waals surface area contributed by atoms with Gasteiger partial charge in [-0.1, -0.05) is 48.9 Å². The van der Waals surface area contributed by atoms with Crippen molar-refractivity contribution in [2.75, 3.05) is 24.5 Å². The van der Waals surface area contributed by atoms with E-state index < -0.39 is 23.8 Å². The number of aryl methyl sites for hydroxylation is 1. The van der Waals surface area contributed by atoms with Gasteiger partial charge in [-0.25, -0.2) is 9.97 Å². The number of benzene rings is 1. The molecule has 4 N–H and O–H groups in total. The Labute approximate surface area is 236 Å². The van der Waals surface area contributed by atoms with E-state index in [-0.39, 0.29) is 41.5 Å². The van der Waals surface area contributed by atoms with Crippen LogP contribution in [-0.2, 0) is 16.8 Å². The Hall–Kier alpha value is -3.69. The Morgan fingerprint density at radius 1 is 1.18 bits per heavy atom. The van der Waals surface area contributed by atoms with Crippen LogP contribution in [0.5, 0.6) is 5.75 Å². The number of halogens is 1. The van der Waals surface area contributed by atoms with Crippen molar-refractivity contribution in [3.63, 3.8) is 0 Å². The number of nitrogens with one attached hydrogen (secondary N) is 1. The average Bonchev–Trinajstić information content (AvgIpc) is 3.58. The first-order valence-corrected chi connectivity index (χ1v) is 13.9. The lowest BCUT2D eigenvalue weighted by Gasteiger charge is -2.51. The maximum Gasteiger partial charge on any atom is 0.322 e. The lowest BCUT2D eigenvalue weighted by molar-refractivity contribution is -0.135. The van der Waals surface area contributed by atoms with Crippen LogP contribution in [0.2, 0.25) is 5.02 Å². The number of aromatic nitrogens is 2. The molecule has 5 aliphatic heterocycles. The summed E-state index contributed by atoms with van der Waals surface area (Å²) in [6.07, 6.45) is 10.3. The molecule has 40 heavy (non-hydrogen) atoms. The maximum absolute atomic E-state index is 12.9. The number of aliphatic carboxylic acids is 1. The third-order valence-electron chi connectivity index (χ3n) is 9.23. The number of rotatable bonds is 7. The minimum absolute atomic E-state index is 0.0333. The van der Waals surface area contributed by atoms with Crippen molar-refractivity contribution in [1.82, 2.24) is 15.3 Å². The van der Waals surface area contributed by atoms with E-state index >= 15 is 0 Å². The van der Waals surface area contributed by atoms with Crippen LogP contribution < -0.4 is 10.2 Å². The lowest BCUT2D eigenvalue weighted by Crippen LogP contribution is -2.50. The van der Waals surface area contributed by atoms with Gasteiger partial charge in [-0.3, -0.25) is 9.59 Å². The van der Waals surface area contributed by atoms with E-state index in [1.807, 2.05) is 0 Å². The zero-order valence-electron chi connectivity index (χ0n) is 22.3. The molecule has 6 bridgehead atoms. The van der Waals surface area contributed by atoms with Crippen molar-refractivity contribution in [3.8, 4) is 5.75 Å². The Balaban J connectivity index is 1.59. The molecular formula is C30H31ClN4O5. The van der Waals surface area contributed by atoms with E-state index in [1.165, 1.54) is 11.1 Å². The van der Waals surface area contributed by atoms with Gasteiger partial charge in [0.2, 0.25) is 0 Å². The van der Waals surface area contributed by atoms with Crippen LogP contribution in [-0.4, -0.2) is 56.8 Å². The topological polar surface area (TPSA) is 136 Å². The van der Waals surface area contributed by atoms with E-state index in [0.29, 0.717) is 16.4 Å². The molecule has 0 spiro atoms. The van der Waals surface area contributed by atoms with E-state index in [0.717, 1.165) is 37.2 Å². The summed E-state index contributed by atoms with van der Waals surface area (Å²) < 4.78 is 0. The number of hydrogen-bond donors (Lipinski definition) is 4. The fourth-order valence-electron chi connectivity index (χ4n) is 7.46. The second kappa shape index (κ2) is 9.74. The summed E-state index contributed by atoms with van der Waals surface area (Å²) in [7, 11) is 0. The van der Waals surface area contributed by atoms with Gasteiger partial charge in [-0.15, -0.1) is 0 Å². The third kappa shape index (κ3) is 3.78. The number of fused-ring (bicyclic) bond motifs is 2. The van der Waals surface area contributed by atoms with E-state index in [9.17, 15) is 19.8 Å². The van der Waals surface area contributed by atoms with Crippen LogP contribution in [0, 0.1) is 18.8 Å². The average molecular weight is 563 g/mol. The Bertz CT molecular complexity index is 1500. The van der Waals surface area contributed by atoms with Crippen LogP contribution in [0.1, 0.15) is 58.8 Å². The summed E-state index contributed by atoms with van der Waals surface area (Å²) in [6, 6.07) is 4.14. The minimum atomic E-state index is -1.20. The molecule has 1 aromatic carbocycles. The zero-order valence-corrected chi connectivity index (χ0v) is 23.1. The first-order chi connectivity index (χ1) is 19.2. The molecule has 1 fully saturated rings. The molecule has 208 valence electrons. The van der Waals surface area contributed by atoms with E-state index in [2.05, 4.69) is 58.6 Å². The highest BCUT2D eigenvalue weighted by Crippen LogP contribution is 2.62. The molecular weight excluding hydrogens is 532 g/mol. The highest BCUT2D eigenvalue weighted by atomic mass is 35.5. The fraction of sp³-hybridized carbons (Fsp3) is 0.400. The number of aliphatic hydroxyl groups excluding tert-OH is 1. The number of piperidine rings is 1. The molecule has 10 heteroatoms. The lowest BCUT2D eigenvalue weighted by atomic mass is 9.52. The largest absolute Gasteiger partial charge is 0.504 e. The first-order valence-electron chi connectivity index (χ1n) is 13.5. The van der Waals surface area contributed by atoms with Crippen LogP contribution in [0.15, 0.2) is 47.6 Å². The van der Waals surface area contributed by atoms with Gasteiger partial charge in [0.25, 0.3) is 5.91 Å². The molecule has 2 aromatic rings. The second-order valence-corrected chi connectivity index (χ2v) is 11.4. The van der Waals surface area contributed by atoms with Gasteiger partial charge in [0.05, 0.1) is 17.3 Å². The number of allylic oxidation sites excluding steroid dienone is 6. The Kier molecular flexibility index (Phi) is 6.46. The molecule has 9 rings (SSSR count). The van der Waals surface area contributed by atoms with Gasteiger partial charge in [0, 0.05) is 41.6 Å². The minimum Gasteiger partial charge on any atom is -0.504 e. The molecule has 1 amide bonds. The van der Waals surface area contributed by atoms with Crippen LogP contribution in [0.3, 0.4) is 0 Å². The standard InChI is InChI=1S/C30H31ClN4O5/c1-15(28-33-16(2)27(39)26(34-28)29(40)32-13-23(37)38)30(24-17-3-4-18(24)6-5-17)19-9-11-35(12-10-19)22-8-7-21(30)25(31)20(22)14-36/h3-8,15,19,24,36,39H,9-14H2,1-2H3,(H,32,40)(H,37,38). The quantitative estimate of drug-likeness (QED) is 0.400. The number of carboxylic acid groups (broad SMARTS) is 1. The van der Waals surface area contributed by atoms with Crippen molar-refractivity contribution >= 4 is 29.2 Å². The summed E-state index contributed by atoms with van der Waals surface area (Å²) >= 11 is 7.23. The first kappa shape index (κ1) is 26.5. The number of carbonyl (C=O) groups excluding carboxylic acids is 1. The number of amides is 1. The predicted molar refractivity (Wildman–Crippen MR) is 150 cm³/mol. The summed E-state index contributed by atoms with van der Waals surface area (Å²) in [5, 5.41) is 33.1. The van der Waals surface area contributed by atoms with Crippen molar-refractivity contribution in [2.24, 2.45) is 11.8 Å². The normalized spacial score (nSPS) is 23.5. The van der Waals surface area contributed by atoms with Gasteiger partial charge < -0.3 is 25.5 Å². The third-order valence-corrected chi connectivity index (χ3v) is 9.66. The van der Waals surface area contributed by atoms with Gasteiger partial charge >= 0.3 is 5.97 Å². The number of nitrogens with zero attached hydrogens (tertiary/aromatic N) is 3. The van der Waals surface area contributed by atoms with Gasteiger partial charge in [-0.05, 0) is 48.5 Å².